The smallest absolute Gasteiger partial charge is 0.261 e. The van der Waals surface area contributed by atoms with Gasteiger partial charge < -0.3 is 4.74 Å². The van der Waals surface area contributed by atoms with Crippen molar-refractivity contribution in [2.75, 3.05) is 13.7 Å². The van der Waals surface area contributed by atoms with Crippen molar-refractivity contribution in [3.05, 3.63) is 33.8 Å². The number of ether oxygens (including phenoxy) is 1. The summed E-state index contributed by atoms with van der Waals surface area (Å²) < 4.78 is 6.61. The molecule has 1 heterocycles. The van der Waals surface area contributed by atoms with Crippen LogP contribution in [0.2, 0.25) is 0 Å². The second kappa shape index (κ2) is 5.92. The zero-order chi connectivity index (χ0) is 17.8. The number of nitrogens with zero attached hydrogens (tertiary/aromatic N) is 2. The van der Waals surface area contributed by atoms with E-state index in [-0.39, 0.29) is 11.3 Å². The number of rotatable bonds is 2. The van der Waals surface area contributed by atoms with Crippen LogP contribution in [0.5, 0.6) is 0 Å². The van der Waals surface area contributed by atoms with Gasteiger partial charge in [0.1, 0.15) is 5.84 Å². The maximum atomic E-state index is 13.6. The highest BCUT2D eigenvalue weighted by molar-refractivity contribution is 9.10. The predicted octanol–water partition coefficient (Wildman–Crippen LogP) is 4.06. The number of amides is 1. The van der Waals surface area contributed by atoms with Crippen molar-refractivity contribution in [3.8, 4) is 0 Å². The third-order valence-electron chi connectivity index (χ3n) is 6.57. The zero-order valence-electron chi connectivity index (χ0n) is 15.1. The minimum atomic E-state index is -0.745. The topological polar surface area (TPSA) is 41.9 Å². The number of hydrogen-bond acceptors (Lipinski definition) is 3. The molecule has 0 saturated heterocycles. The van der Waals surface area contributed by atoms with Crippen LogP contribution in [-0.2, 0) is 21.5 Å². The van der Waals surface area contributed by atoms with Crippen LogP contribution < -0.4 is 0 Å². The zero-order valence-corrected chi connectivity index (χ0v) is 16.7. The molecule has 0 aromatic heterocycles. The number of halogens is 1. The van der Waals surface area contributed by atoms with Crippen LogP contribution >= 0.6 is 15.9 Å². The molecule has 4 rings (SSSR count). The number of hydrogen-bond donors (Lipinski definition) is 0. The van der Waals surface area contributed by atoms with Gasteiger partial charge in [0.05, 0.1) is 6.10 Å². The summed E-state index contributed by atoms with van der Waals surface area (Å²) >= 11 is 3.60. The Morgan fingerprint density at radius 3 is 2.68 bits per heavy atom. The van der Waals surface area contributed by atoms with E-state index in [9.17, 15) is 4.79 Å². The molecule has 1 aromatic rings. The highest BCUT2D eigenvalue weighted by atomic mass is 79.9. The van der Waals surface area contributed by atoms with Gasteiger partial charge in [-0.2, -0.15) is 0 Å². The molecule has 1 saturated carbocycles. The monoisotopic (exact) mass is 404 g/mol. The predicted molar refractivity (Wildman–Crippen MR) is 102 cm³/mol. The normalized spacial score (nSPS) is 34.1. The molecule has 4 nitrogen and oxygen atoms in total. The van der Waals surface area contributed by atoms with Gasteiger partial charge in [0.2, 0.25) is 0 Å². The second-order valence-corrected chi connectivity index (χ2v) is 8.53. The molecule has 134 valence electrons. The summed E-state index contributed by atoms with van der Waals surface area (Å²) in [5.41, 5.74) is 1.53. The van der Waals surface area contributed by atoms with Crippen molar-refractivity contribution < 1.29 is 9.53 Å². The van der Waals surface area contributed by atoms with Crippen molar-refractivity contribution in [3.63, 3.8) is 0 Å². The van der Waals surface area contributed by atoms with Gasteiger partial charge in [-0.15, -0.1) is 0 Å². The third-order valence-corrected chi connectivity index (χ3v) is 7.07. The number of carbonyl (C=O) groups excluding carboxylic acids is 1. The molecule has 25 heavy (non-hydrogen) atoms. The lowest BCUT2D eigenvalue weighted by molar-refractivity contribution is -0.138. The highest BCUT2D eigenvalue weighted by Gasteiger charge is 2.66. The maximum absolute atomic E-state index is 13.6. The molecule has 0 radical (unpaired) electrons. The lowest BCUT2D eigenvalue weighted by Crippen LogP contribution is -2.51. The molecule has 0 bridgehead atoms. The van der Waals surface area contributed by atoms with Gasteiger partial charge in [-0.1, -0.05) is 22.0 Å². The summed E-state index contributed by atoms with van der Waals surface area (Å²) in [6.45, 7) is 4.68. The Morgan fingerprint density at radius 2 is 2.08 bits per heavy atom. The Morgan fingerprint density at radius 1 is 1.36 bits per heavy atom. The Kier molecular flexibility index (Phi) is 4.08. The summed E-state index contributed by atoms with van der Waals surface area (Å²) in [5.74, 6) is 1.02. The summed E-state index contributed by atoms with van der Waals surface area (Å²) in [4.78, 5) is 20.6. The van der Waals surface area contributed by atoms with Crippen LogP contribution in [0.1, 0.15) is 50.7 Å². The van der Waals surface area contributed by atoms with Gasteiger partial charge in [0.25, 0.3) is 5.91 Å². The van der Waals surface area contributed by atoms with E-state index in [4.69, 9.17) is 9.73 Å². The van der Waals surface area contributed by atoms with E-state index < -0.39 is 5.54 Å². The number of benzene rings is 1. The molecule has 1 aromatic carbocycles. The van der Waals surface area contributed by atoms with Crippen LogP contribution in [0.4, 0.5) is 0 Å². The molecule has 0 N–H and O–H groups in total. The second-order valence-electron chi connectivity index (χ2n) is 7.61. The van der Waals surface area contributed by atoms with Crippen molar-refractivity contribution in [1.82, 2.24) is 4.90 Å². The number of likely N-dealkylation sites (N-methyl/N-ethyl adjacent to an activating group) is 1. The molecule has 1 fully saturated rings. The largest absolute Gasteiger partial charge is 0.381 e. The van der Waals surface area contributed by atoms with Crippen LogP contribution in [0.3, 0.4) is 0 Å². The number of amidine groups is 1. The highest BCUT2D eigenvalue weighted by Crippen LogP contribution is 2.62. The number of aliphatic imine (C=N–C) groups is 1. The van der Waals surface area contributed by atoms with E-state index in [0.29, 0.717) is 12.6 Å². The van der Waals surface area contributed by atoms with Crippen LogP contribution in [0, 0.1) is 5.41 Å². The Hall–Kier alpha value is -1.20. The fraction of sp³-hybridized carbons (Fsp3) is 0.600. The van der Waals surface area contributed by atoms with E-state index in [2.05, 4.69) is 34.1 Å². The number of carbonyl (C=O) groups is 1. The Labute approximate surface area is 157 Å². The van der Waals surface area contributed by atoms with E-state index >= 15 is 0 Å². The Balaban J connectivity index is 1.88. The summed E-state index contributed by atoms with van der Waals surface area (Å²) in [5, 5.41) is 0. The molecular formula is C20H25BrN2O2. The lowest BCUT2D eigenvalue weighted by atomic mass is 9.61. The van der Waals surface area contributed by atoms with Gasteiger partial charge in [-0.25, -0.2) is 0 Å². The van der Waals surface area contributed by atoms with E-state index in [1.165, 1.54) is 5.56 Å². The minimum Gasteiger partial charge on any atom is -0.381 e. The van der Waals surface area contributed by atoms with E-state index in [0.717, 1.165) is 48.0 Å². The first-order chi connectivity index (χ1) is 12.0. The van der Waals surface area contributed by atoms with Crippen LogP contribution in [-0.4, -0.2) is 36.4 Å². The van der Waals surface area contributed by atoms with Crippen molar-refractivity contribution in [1.29, 1.82) is 0 Å². The van der Waals surface area contributed by atoms with Gasteiger partial charge in [0, 0.05) is 23.5 Å². The van der Waals surface area contributed by atoms with Crippen LogP contribution in [0.25, 0.3) is 0 Å². The standard InChI is InChI=1S/C20H25BrN2O2/c1-4-23-13(2)22-20(18(23)24)17-11-15(21)6-5-14(17)12-19(20)9-7-16(25-3)8-10-19/h5-6,11,16H,4,7-10,12H2,1-3H3. The van der Waals surface area contributed by atoms with Gasteiger partial charge >= 0.3 is 0 Å². The lowest BCUT2D eigenvalue weighted by Gasteiger charge is -2.45. The van der Waals surface area contributed by atoms with Crippen molar-refractivity contribution >= 4 is 27.7 Å². The average molecular weight is 405 g/mol. The molecule has 2 aliphatic carbocycles. The average Bonchev–Trinajstić information content (AvgIpc) is 3.02. The summed E-state index contributed by atoms with van der Waals surface area (Å²) in [6, 6.07) is 6.38. The summed E-state index contributed by atoms with van der Waals surface area (Å²) in [6.07, 6.45) is 5.21. The van der Waals surface area contributed by atoms with Gasteiger partial charge in [-0.3, -0.25) is 14.7 Å². The molecule has 2 spiro atoms. The fourth-order valence-electron chi connectivity index (χ4n) is 5.32. The van der Waals surface area contributed by atoms with Gasteiger partial charge in [-0.05, 0) is 69.2 Å². The quantitative estimate of drug-likeness (QED) is 0.745. The van der Waals surface area contributed by atoms with Crippen LogP contribution in [0.15, 0.2) is 27.7 Å². The molecular weight excluding hydrogens is 380 g/mol. The fourth-order valence-corrected chi connectivity index (χ4v) is 5.68. The number of fused-ring (bicyclic) bond motifs is 3. The molecule has 1 aliphatic heterocycles. The third kappa shape index (κ3) is 2.21. The number of methoxy groups -OCH3 is 1. The first-order valence-electron chi connectivity index (χ1n) is 9.17. The molecule has 3 aliphatic rings. The molecule has 5 heteroatoms. The maximum Gasteiger partial charge on any atom is 0.261 e. The molecule has 1 unspecified atom stereocenters. The van der Waals surface area contributed by atoms with Gasteiger partial charge in [0.15, 0.2) is 5.54 Å². The van der Waals surface area contributed by atoms with Crippen molar-refractivity contribution in [2.45, 2.75) is 57.6 Å². The molecule has 1 atom stereocenters. The minimum absolute atomic E-state index is 0.118. The summed E-state index contributed by atoms with van der Waals surface area (Å²) in [7, 11) is 1.79. The SMILES string of the molecule is CCN1C(=O)C2(N=C1C)c1cc(Br)ccc1CC21CCC(OC)CC1. The Bertz CT molecular complexity index is 752. The first kappa shape index (κ1) is 17.2. The first-order valence-corrected chi connectivity index (χ1v) is 9.97. The molecule has 1 amide bonds. The van der Waals surface area contributed by atoms with Crippen molar-refractivity contribution in [2.24, 2.45) is 10.4 Å². The van der Waals surface area contributed by atoms with E-state index in [1.54, 1.807) is 7.11 Å². The van der Waals surface area contributed by atoms with E-state index in [1.807, 2.05) is 18.7 Å².